The molecule has 0 spiro atoms. The second kappa shape index (κ2) is 9.38. The van der Waals surface area contributed by atoms with Gasteiger partial charge in [-0.15, -0.1) is 0 Å². The third kappa shape index (κ3) is 3.94. The maximum atomic E-state index is 11.7. The molecule has 184 valence electrons. The van der Waals surface area contributed by atoms with Crippen LogP contribution in [0.2, 0.25) is 5.02 Å². The second-order valence-electron chi connectivity index (χ2n) is 9.13. The summed E-state index contributed by atoms with van der Waals surface area (Å²) in [5.41, 5.74) is 5.01. The van der Waals surface area contributed by atoms with Gasteiger partial charge in [0.2, 0.25) is 0 Å². The molecular weight excluding hydrogens is 482 g/mol. The van der Waals surface area contributed by atoms with E-state index in [1.165, 1.54) is 5.56 Å². The number of benzene rings is 5. The summed E-state index contributed by atoms with van der Waals surface area (Å²) in [5, 5.41) is 16.4. The molecule has 0 fully saturated rings. The molecule has 1 heterocycles. The Morgan fingerprint density at radius 1 is 0.757 bits per heavy atom. The maximum absolute atomic E-state index is 11.7. The fourth-order valence-corrected chi connectivity index (χ4v) is 5.48. The molecular formula is C32H26ClNO3. The van der Waals surface area contributed by atoms with Crippen LogP contribution in [0.4, 0.5) is 0 Å². The Kier molecular flexibility index (Phi) is 5.90. The molecule has 0 aliphatic carbocycles. The van der Waals surface area contributed by atoms with Gasteiger partial charge in [-0.1, -0.05) is 60.1 Å². The molecule has 0 saturated carbocycles. The highest BCUT2D eigenvalue weighted by molar-refractivity contribution is 6.33. The van der Waals surface area contributed by atoms with Gasteiger partial charge in [0, 0.05) is 38.8 Å². The van der Waals surface area contributed by atoms with Crippen molar-refractivity contribution in [2.24, 2.45) is 0 Å². The molecule has 6 aromatic rings. The highest BCUT2D eigenvalue weighted by atomic mass is 35.5. The highest BCUT2D eigenvalue weighted by Crippen LogP contribution is 2.47. The van der Waals surface area contributed by atoms with Gasteiger partial charge in [-0.2, -0.15) is 0 Å². The van der Waals surface area contributed by atoms with Crippen LogP contribution >= 0.6 is 11.6 Å². The van der Waals surface area contributed by atoms with Crippen molar-refractivity contribution in [3.05, 3.63) is 102 Å². The van der Waals surface area contributed by atoms with E-state index in [0.29, 0.717) is 5.02 Å². The Bertz CT molecular complexity index is 1750. The lowest BCUT2D eigenvalue weighted by atomic mass is 9.94. The van der Waals surface area contributed by atoms with Gasteiger partial charge < -0.3 is 19.1 Å². The molecule has 0 unspecified atom stereocenters. The molecule has 0 radical (unpaired) electrons. The van der Waals surface area contributed by atoms with Gasteiger partial charge in [-0.25, -0.2) is 0 Å². The number of phenolic OH excluding ortho intramolecular Hbond substituents is 1. The Balaban J connectivity index is 1.66. The van der Waals surface area contributed by atoms with Crippen LogP contribution in [0.25, 0.3) is 43.7 Å². The van der Waals surface area contributed by atoms with Crippen molar-refractivity contribution in [1.82, 2.24) is 4.57 Å². The number of nitrogens with zero attached hydrogens (tertiary/aromatic N) is 1. The van der Waals surface area contributed by atoms with Crippen LogP contribution in [0.3, 0.4) is 0 Å². The zero-order chi connectivity index (χ0) is 25.5. The summed E-state index contributed by atoms with van der Waals surface area (Å²) in [6, 6.07) is 30.1. The third-order valence-corrected chi connectivity index (χ3v) is 7.35. The summed E-state index contributed by atoms with van der Waals surface area (Å²) >= 11 is 6.52. The van der Waals surface area contributed by atoms with Gasteiger partial charge in [0.1, 0.15) is 17.2 Å². The smallest absolute Gasteiger partial charge is 0.133 e. The van der Waals surface area contributed by atoms with E-state index < -0.39 is 0 Å². The van der Waals surface area contributed by atoms with E-state index in [0.717, 1.165) is 68.2 Å². The largest absolute Gasteiger partial charge is 0.507 e. The molecule has 0 saturated heterocycles. The molecule has 6 rings (SSSR count). The lowest BCUT2D eigenvalue weighted by Crippen LogP contribution is -2.02. The molecule has 0 aliphatic heterocycles. The van der Waals surface area contributed by atoms with Crippen LogP contribution in [-0.4, -0.2) is 23.9 Å². The number of ether oxygens (including phenoxy) is 2. The number of phenols is 1. The second-order valence-corrected chi connectivity index (χ2v) is 9.57. The summed E-state index contributed by atoms with van der Waals surface area (Å²) in [6.45, 7) is 0.731. The van der Waals surface area contributed by atoms with Crippen LogP contribution in [0, 0.1) is 0 Å². The molecule has 4 nitrogen and oxygen atoms in total. The van der Waals surface area contributed by atoms with E-state index in [-0.39, 0.29) is 5.75 Å². The number of rotatable bonds is 6. The number of fused-ring (bicyclic) bond motifs is 5. The number of aryl methyl sites for hydroxylation is 2. The van der Waals surface area contributed by atoms with Crippen LogP contribution in [0.15, 0.2) is 91.0 Å². The zero-order valence-corrected chi connectivity index (χ0v) is 21.4. The average Bonchev–Trinajstić information content (AvgIpc) is 3.25. The fraction of sp³-hybridized carbons (Fsp3) is 0.125. The summed E-state index contributed by atoms with van der Waals surface area (Å²) < 4.78 is 13.0. The highest BCUT2D eigenvalue weighted by Gasteiger charge is 2.22. The molecule has 0 bridgehead atoms. The van der Waals surface area contributed by atoms with E-state index in [4.69, 9.17) is 21.1 Å². The Labute approximate surface area is 220 Å². The number of aromatic hydroxyl groups is 1. The minimum absolute atomic E-state index is 0.271. The van der Waals surface area contributed by atoms with Gasteiger partial charge in [0.15, 0.2) is 0 Å². The van der Waals surface area contributed by atoms with E-state index in [9.17, 15) is 5.11 Å². The van der Waals surface area contributed by atoms with Gasteiger partial charge in [-0.3, -0.25) is 0 Å². The SMILES string of the molecule is COc1ccc(CCn2c3ccc(Cl)cc3c3c4ccccc4c(O)c(-c4ccc(OC)cc4)c32)cc1. The summed E-state index contributed by atoms with van der Waals surface area (Å²) in [6.07, 6.45) is 0.821. The van der Waals surface area contributed by atoms with Crippen LogP contribution in [0.1, 0.15) is 5.56 Å². The first kappa shape index (κ1) is 23.3. The van der Waals surface area contributed by atoms with Gasteiger partial charge in [-0.05, 0) is 65.4 Å². The summed E-state index contributed by atoms with van der Waals surface area (Å²) in [4.78, 5) is 0. The topological polar surface area (TPSA) is 43.6 Å². The average molecular weight is 508 g/mol. The molecule has 1 aromatic heterocycles. The zero-order valence-electron chi connectivity index (χ0n) is 20.7. The number of methoxy groups -OCH3 is 2. The molecule has 1 N–H and O–H groups in total. The maximum Gasteiger partial charge on any atom is 0.133 e. The predicted octanol–water partition coefficient (Wildman–Crippen LogP) is 8.23. The quantitative estimate of drug-likeness (QED) is 0.247. The van der Waals surface area contributed by atoms with Crippen molar-refractivity contribution in [2.75, 3.05) is 14.2 Å². The predicted molar refractivity (Wildman–Crippen MR) is 152 cm³/mol. The molecule has 0 atom stereocenters. The first-order valence-corrected chi connectivity index (χ1v) is 12.6. The van der Waals surface area contributed by atoms with Crippen molar-refractivity contribution < 1.29 is 14.6 Å². The summed E-state index contributed by atoms with van der Waals surface area (Å²) in [5.74, 6) is 1.88. The normalized spacial score (nSPS) is 11.4. The minimum Gasteiger partial charge on any atom is -0.507 e. The van der Waals surface area contributed by atoms with Crippen molar-refractivity contribution in [3.63, 3.8) is 0 Å². The van der Waals surface area contributed by atoms with Crippen molar-refractivity contribution in [3.8, 4) is 28.4 Å². The van der Waals surface area contributed by atoms with Crippen molar-refractivity contribution in [2.45, 2.75) is 13.0 Å². The number of hydrogen-bond acceptors (Lipinski definition) is 3. The Hall–Kier alpha value is -4.15. The monoisotopic (exact) mass is 507 g/mol. The lowest BCUT2D eigenvalue weighted by Gasteiger charge is -2.16. The molecule has 5 heteroatoms. The minimum atomic E-state index is 0.271. The van der Waals surface area contributed by atoms with Crippen LogP contribution in [-0.2, 0) is 13.0 Å². The fourth-order valence-electron chi connectivity index (χ4n) is 5.31. The van der Waals surface area contributed by atoms with Crippen molar-refractivity contribution in [1.29, 1.82) is 0 Å². The Morgan fingerprint density at radius 2 is 1.41 bits per heavy atom. The van der Waals surface area contributed by atoms with E-state index in [1.54, 1.807) is 14.2 Å². The lowest BCUT2D eigenvalue weighted by molar-refractivity contribution is 0.414. The van der Waals surface area contributed by atoms with Gasteiger partial charge >= 0.3 is 0 Å². The van der Waals surface area contributed by atoms with E-state index >= 15 is 0 Å². The molecule has 0 aliphatic rings. The first-order chi connectivity index (χ1) is 18.1. The summed E-state index contributed by atoms with van der Waals surface area (Å²) in [7, 11) is 3.33. The third-order valence-electron chi connectivity index (χ3n) is 7.11. The van der Waals surface area contributed by atoms with Crippen molar-refractivity contribution >= 4 is 44.2 Å². The first-order valence-electron chi connectivity index (χ1n) is 12.2. The standard InChI is InChI=1S/C32H26ClNO3/c1-36-23-12-7-20(8-13-23)17-18-34-28-16-11-22(33)19-27(28)30-25-5-3-4-6-26(25)32(35)29(31(30)34)21-9-14-24(37-2)15-10-21/h3-16,19,35H,17-18H2,1-2H3. The van der Waals surface area contributed by atoms with E-state index in [2.05, 4.69) is 28.8 Å². The molecule has 37 heavy (non-hydrogen) atoms. The number of hydrogen-bond donors (Lipinski definition) is 1. The number of halogens is 1. The van der Waals surface area contributed by atoms with Gasteiger partial charge in [0.05, 0.1) is 19.7 Å². The molecule has 0 amide bonds. The van der Waals surface area contributed by atoms with Crippen LogP contribution in [0.5, 0.6) is 17.2 Å². The van der Waals surface area contributed by atoms with Crippen LogP contribution < -0.4 is 9.47 Å². The molecule has 5 aromatic carbocycles. The Morgan fingerprint density at radius 3 is 2.08 bits per heavy atom. The number of aromatic nitrogens is 1. The van der Waals surface area contributed by atoms with Gasteiger partial charge in [0.25, 0.3) is 0 Å². The van der Waals surface area contributed by atoms with E-state index in [1.807, 2.05) is 66.7 Å².